The van der Waals surface area contributed by atoms with Crippen LogP contribution in [-0.2, 0) is 0 Å². The molecule has 1 aromatic carbocycles. The van der Waals surface area contributed by atoms with Gasteiger partial charge in [-0.3, -0.25) is 0 Å². The van der Waals surface area contributed by atoms with Crippen molar-refractivity contribution in [3.8, 4) is 0 Å². The van der Waals surface area contributed by atoms with E-state index in [1.54, 1.807) is 0 Å². The molecule has 0 spiro atoms. The summed E-state index contributed by atoms with van der Waals surface area (Å²) >= 11 is 6.70. The van der Waals surface area contributed by atoms with Crippen molar-refractivity contribution >= 4 is 55.8 Å². The molecule has 0 saturated heterocycles. The van der Waals surface area contributed by atoms with Crippen molar-refractivity contribution in [1.82, 2.24) is 0 Å². The summed E-state index contributed by atoms with van der Waals surface area (Å²) in [5.41, 5.74) is 0. The van der Waals surface area contributed by atoms with Crippen LogP contribution in [0.4, 0.5) is 0 Å². The summed E-state index contributed by atoms with van der Waals surface area (Å²) in [4.78, 5) is 0. The van der Waals surface area contributed by atoms with Crippen molar-refractivity contribution in [2.45, 2.75) is 0 Å². The van der Waals surface area contributed by atoms with Crippen molar-refractivity contribution in [3.63, 3.8) is 0 Å². The molecule has 0 nitrogen and oxygen atoms in total. The first-order valence-electron chi connectivity index (χ1n) is 2.21. The smallest absolute Gasteiger partial charge is 0.0317 e. The summed E-state index contributed by atoms with van der Waals surface area (Å²) in [6, 6.07) is 7.94. The molecule has 0 unspecified atom stereocenters. The third-order valence-electron chi connectivity index (χ3n) is 0.824. The van der Waals surface area contributed by atoms with Crippen LogP contribution in [0.5, 0.6) is 0 Å². The molecule has 0 atom stereocenters. The first kappa shape index (κ1) is 9.98. The molecular weight excluding hydrogens is 351 g/mol. The van der Waals surface area contributed by atoms with Gasteiger partial charge >= 0.3 is 0 Å². The van der Waals surface area contributed by atoms with E-state index >= 15 is 0 Å². The largest absolute Gasteiger partial charge is 0.0611 e. The van der Waals surface area contributed by atoms with E-state index in [9.17, 15) is 0 Å². The van der Waals surface area contributed by atoms with Crippen LogP contribution >= 0.6 is 31.9 Å². The van der Waals surface area contributed by atoms with E-state index in [0.717, 1.165) is 8.95 Å². The summed E-state index contributed by atoms with van der Waals surface area (Å²) in [6.07, 6.45) is 0. The van der Waals surface area contributed by atoms with Crippen LogP contribution in [0.3, 0.4) is 0 Å². The van der Waals surface area contributed by atoms with Gasteiger partial charge < -0.3 is 0 Å². The first-order valence-corrected chi connectivity index (χ1v) is 3.79. The molecule has 0 amide bonds. The molecule has 9 heavy (non-hydrogen) atoms. The van der Waals surface area contributed by atoms with Gasteiger partial charge in [0.2, 0.25) is 0 Å². The van der Waals surface area contributed by atoms with E-state index in [-0.39, 0.29) is 23.9 Å². The SMILES string of the molecule is Brc1ccccc1Br.[Sn]. The second kappa shape index (κ2) is 4.74. The quantitative estimate of drug-likeness (QED) is 0.629. The van der Waals surface area contributed by atoms with Crippen LogP contribution in [0.1, 0.15) is 0 Å². The Kier molecular flexibility index (Phi) is 5.26. The predicted molar refractivity (Wildman–Crippen MR) is 47.6 cm³/mol. The van der Waals surface area contributed by atoms with Crippen LogP contribution in [0, 0.1) is 0 Å². The molecule has 0 fully saturated rings. The topological polar surface area (TPSA) is 0 Å². The van der Waals surface area contributed by atoms with E-state index in [4.69, 9.17) is 0 Å². The molecule has 3 heteroatoms. The maximum Gasteiger partial charge on any atom is 0.0317 e. The van der Waals surface area contributed by atoms with Crippen LogP contribution < -0.4 is 0 Å². The van der Waals surface area contributed by atoms with Gasteiger partial charge in [-0.15, -0.1) is 0 Å². The van der Waals surface area contributed by atoms with E-state index in [0.29, 0.717) is 0 Å². The molecule has 0 aliphatic heterocycles. The zero-order valence-corrected chi connectivity index (χ0v) is 10.6. The Morgan fingerprint density at radius 2 is 1.22 bits per heavy atom. The van der Waals surface area contributed by atoms with Gasteiger partial charge in [-0.1, -0.05) is 12.1 Å². The summed E-state index contributed by atoms with van der Waals surface area (Å²) in [5, 5.41) is 0. The number of benzene rings is 1. The molecule has 4 radical (unpaired) electrons. The van der Waals surface area contributed by atoms with Gasteiger partial charge in [0.1, 0.15) is 0 Å². The summed E-state index contributed by atoms with van der Waals surface area (Å²) in [7, 11) is 0. The van der Waals surface area contributed by atoms with E-state index in [1.807, 2.05) is 24.3 Å². The van der Waals surface area contributed by atoms with Gasteiger partial charge in [0.15, 0.2) is 0 Å². The van der Waals surface area contributed by atoms with Gasteiger partial charge in [-0.2, -0.15) is 0 Å². The van der Waals surface area contributed by atoms with Gasteiger partial charge in [0.25, 0.3) is 0 Å². The Bertz CT molecular complexity index is 167. The first-order chi connectivity index (χ1) is 3.80. The minimum absolute atomic E-state index is 0. The Hall–Kier alpha value is 0.979. The maximum atomic E-state index is 3.35. The Morgan fingerprint density at radius 3 is 1.44 bits per heavy atom. The zero-order chi connectivity index (χ0) is 5.98. The average molecular weight is 355 g/mol. The molecule has 0 N–H and O–H groups in total. The molecular formula is C6H4Br2Sn. The van der Waals surface area contributed by atoms with Gasteiger partial charge in [0.05, 0.1) is 0 Å². The Labute approximate surface area is 88.2 Å². The molecule has 0 saturated carbocycles. The fraction of sp³-hybridized carbons (Fsp3) is 0. The summed E-state index contributed by atoms with van der Waals surface area (Å²) in [5.74, 6) is 0. The third kappa shape index (κ3) is 3.05. The molecule has 0 aliphatic rings. The predicted octanol–water partition coefficient (Wildman–Crippen LogP) is 2.83. The second-order valence-electron chi connectivity index (χ2n) is 1.41. The third-order valence-corrected chi connectivity index (χ3v) is 2.74. The molecule has 1 aromatic rings. The van der Waals surface area contributed by atoms with Crippen LogP contribution in [0.25, 0.3) is 0 Å². The van der Waals surface area contributed by atoms with Crippen molar-refractivity contribution in [2.24, 2.45) is 0 Å². The van der Waals surface area contributed by atoms with Gasteiger partial charge in [-0.05, 0) is 44.0 Å². The molecule has 0 bridgehead atoms. The van der Waals surface area contributed by atoms with Crippen molar-refractivity contribution < 1.29 is 0 Å². The number of halogens is 2. The Morgan fingerprint density at radius 1 is 0.889 bits per heavy atom. The molecule has 46 valence electrons. The Balaban J connectivity index is 0.000000640. The average Bonchev–Trinajstić information content (AvgIpc) is 1.77. The minimum Gasteiger partial charge on any atom is -0.0611 e. The maximum absolute atomic E-state index is 3.35. The van der Waals surface area contributed by atoms with Crippen LogP contribution in [0.15, 0.2) is 33.2 Å². The van der Waals surface area contributed by atoms with Crippen molar-refractivity contribution in [2.75, 3.05) is 0 Å². The van der Waals surface area contributed by atoms with E-state index in [1.165, 1.54) is 0 Å². The number of hydrogen-bond acceptors (Lipinski definition) is 0. The fourth-order valence-electron chi connectivity index (χ4n) is 0.439. The van der Waals surface area contributed by atoms with Gasteiger partial charge in [0, 0.05) is 32.9 Å². The monoisotopic (exact) mass is 354 g/mol. The number of rotatable bonds is 0. The van der Waals surface area contributed by atoms with Crippen molar-refractivity contribution in [1.29, 1.82) is 0 Å². The minimum atomic E-state index is 0. The summed E-state index contributed by atoms with van der Waals surface area (Å²) in [6.45, 7) is 0. The van der Waals surface area contributed by atoms with E-state index in [2.05, 4.69) is 31.9 Å². The second-order valence-corrected chi connectivity index (χ2v) is 3.12. The summed E-state index contributed by atoms with van der Waals surface area (Å²) < 4.78 is 2.19. The zero-order valence-electron chi connectivity index (χ0n) is 4.57. The van der Waals surface area contributed by atoms with E-state index < -0.39 is 0 Å². The standard InChI is InChI=1S/C6H4Br2.Sn/c7-5-3-1-2-4-6(5)8;/h1-4H;. The van der Waals surface area contributed by atoms with Crippen LogP contribution in [-0.4, -0.2) is 23.9 Å². The molecule has 0 heterocycles. The normalized spacial score (nSPS) is 8.22. The van der Waals surface area contributed by atoms with Crippen LogP contribution in [0.2, 0.25) is 0 Å². The molecule has 0 aliphatic carbocycles. The fourth-order valence-corrected chi connectivity index (χ4v) is 1.01. The van der Waals surface area contributed by atoms with Crippen molar-refractivity contribution in [3.05, 3.63) is 33.2 Å². The molecule has 1 rings (SSSR count). The number of hydrogen-bond donors (Lipinski definition) is 0. The molecule has 0 aromatic heterocycles. The van der Waals surface area contributed by atoms with Gasteiger partial charge in [-0.25, -0.2) is 0 Å².